The molecule has 0 aromatic heterocycles. The summed E-state index contributed by atoms with van der Waals surface area (Å²) in [6.45, 7) is 1.37. The zero-order valence-corrected chi connectivity index (χ0v) is 16.7. The van der Waals surface area contributed by atoms with Crippen LogP contribution in [0.3, 0.4) is 0 Å². The second-order valence-electron chi connectivity index (χ2n) is 5.79. The van der Waals surface area contributed by atoms with Gasteiger partial charge in [-0.15, -0.1) is 0 Å². The summed E-state index contributed by atoms with van der Waals surface area (Å²) in [4.78, 5) is 12.5. The van der Waals surface area contributed by atoms with Crippen molar-refractivity contribution in [2.45, 2.75) is 19.5 Å². The van der Waals surface area contributed by atoms with Crippen LogP contribution >= 0.6 is 23.2 Å². The Morgan fingerprint density at radius 2 is 1.81 bits per heavy atom. The zero-order valence-electron chi connectivity index (χ0n) is 14.3. The minimum absolute atomic E-state index is 0.0363. The van der Waals surface area contributed by atoms with Gasteiger partial charge in [0.25, 0.3) is 0 Å². The molecule has 0 spiro atoms. The van der Waals surface area contributed by atoms with Crippen molar-refractivity contribution in [3.63, 3.8) is 0 Å². The molecule has 0 unspecified atom stereocenters. The Hall–Kier alpha value is -1.90. The van der Waals surface area contributed by atoms with Crippen LogP contribution < -0.4 is 9.62 Å². The number of benzene rings is 2. The van der Waals surface area contributed by atoms with Gasteiger partial charge in [0.15, 0.2) is 11.6 Å². The third-order valence-corrected chi connectivity index (χ3v) is 5.54. The first-order chi connectivity index (χ1) is 12.5. The van der Waals surface area contributed by atoms with Crippen LogP contribution in [0.15, 0.2) is 36.4 Å². The topological polar surface area (TPSA) is 66.5 Å². The molecule has 2 aromatic carbocycles. The van der Waals surface area contributed by atoms with Gasteiger partial charge in [-0.25, -0.2) is 17.2 Å². The highest BCUT2D eigenvalue weighted by Crippen LogP contribution is 2.24. The molecule has 0 aliphatic heterocycles. The van der Waals surface area contributed by atoms with Crippen LogP contribution in [-0.2, 0) is 21.4 Å². The Labute approximate surface area is 165 Å². The van der Waals surface area contributed by atoms with Gasteiger partial charge in [0, 0.05) is 22.7 Å². The van der Waals surface area contributed by atoms with Crippen molar-refractivity contribution in [3.05, 3.63) is 63.6 Å². The summed E-state index contributed by atoms with van der Waals surface area (Å²) in [6.07, 6.45) is 0.869. The first-order valence-corrected chi connectivity index (χ1v) is 10.3. The van der Waals surface area contributed by atoms with Gasteiger partial charge in [0.1, 0.15) is 6.04 Å². The number of carbonyl (C=O) groups excluding carboxylic acids is 1. The van der Waals surface area contributed by atoms with Crippen molar-refractivity contribution in [1.29, 1.82) is 0 Å². The third kappa shape index (κ3) is 5.31. The van der Waals surface area contributed by atoms with Gasteiger partial charge in [-0.05, 0) is 36.8 Å². The van der Waals surface area contributed by atoms with Gasteiger partial charge in [0.05, 0.1) is 11.9 Å². The first-order valence-electron chi connectivity index (χ1n) is 7.67. The molecule has 1 atom stereocenters. The maximum Gasteiger partial charge on any atom is 0.243 e. The second-order valence-corrected chi connectivity index (χ2v) is 8.49. The van der Waals surface area contributed by atoms with Gasteiger partial charge in [-0.1, -0.05) is 29.3 Å². The molecule has 0 fully saturated rings. The molecule has 0 heterocycles. The molecule has 1 amide bonds. The highest BCUT2D eigenvalue weighted by molar-refractivity contribution is 7.92. The molecular weight excluding hydrogens is 421 g/mol. The number of amides is 1. The van der Waals surface area contributed by atoms with Crippen molar-refractivity contribution in [1.82, 2.24) is 5.32 Å². The Kier molecular flexibility index (Phi) is 6.67. The summed E-state index contributed by atoms with van der Waals surface area (Å²) in [5.41, 5.74) is 0.420. The van der Waals surface area contributed by atoms with Crippen molar-refractivity contribution in [2.24, 2.45) is 0 Å². The number of nitrogens with one attached hydrogen (secondary N) is 1. The average molecular weight is 437 g/mol. The molecule has 0 radical (unpaired) electrons. The van der Waals surface area contributed by atoms with E-state index in [-0.39, 0.29) is 12.2 Å². The number of rotatable bonds is 6. The minimum atomic E-state index is -3.95. The molecule has 0 aliphatic carbocycles. The minimum Gasteiger partial charge on any atom is -0.350 e. The normalized spacial score (nSPS) is 12.5. The molecule has 5 nitrogen and oxygen atoms in total. The Morgan fingerprint density at radius 1 is 1.15 bits per heavy atom. The molecule has 146 valence electrons. The third-order valence-electron chi connectivity index (χ3n) is 3.71. The molecule has 1 N–H and O–H groups in total. The summed E-state index contributed by atoms with van der Waals surface area (Å²) >= 11 is 11.8. The lowest BCUT2D eigenvalue weighted by Gasteiger charge is -2.28. The fourth-order valence-electron chi connectivity index (χ4n) is 2.43. The van der Waals surface area contributed by atoms with Crippen LogP contribution in [0.1, 0.15) is 12.5 Å². The first kappa shape index (κ1) is 21.4. The molecule has 0 saturated heterocycles. The van der Waals surface area contributed by atoms with E-state index in [0.29, 0.717) is 19.9 Å². The SMILES string of the molecule is C[C@H](C(=O)NCc1ccc(Cl)cc1Cl)N(c1ccc(F)c(F)c1)S(C)(=O)=O. The summed E-state index contributed by atoms with van der Waals surface area (Å²) in [5.74, 6) is -2.99. The monoisotopic (exact) mass is 436 g/mol. The van der Waals surface area contributed by atoms with E-state index in [1.54, 1.807) is 12.1 Å². The zero-order chi connectivity index (χ0) is 20.4. The maximum atomic E-state index is 13.5. The van der Waals surface area contributed by atoms with E-state index in [1.807, 2.05) is 0 Å². The summed E-state index contributed by atoms with van der Waals surface area (Å²) in [6, 6.07) is 6.12. The largest absolute Gasteiger partial charge is 0.350 e. The molecule has 0 saturated carbocycles. The van der Waals surface area contributed by atoms with E-state index >= 15 is 0 Å². The standard InChI is InChI=1S/C17H16Cl2F2N2O3S/c1-10(17(24)22-9-11-3-4-12(18)7-14(11)19)23(27(2,25)26)13-5-6-15(20)16(21)8-13/h3-8,10H,9H2,1-2H3,(H,22,24)/t10-/m1/s1. The lowest BCUT2D eigenvalue weighted by atomic mass is 10.2. The van der Waals surface area contributed by atoms with E-state index in [2.05, 4.69) is 5.32 Å². The number of hydrogen-bond donors (Lipinski definition) is 1. The van der Waals surface area contributed by atoms with Crippen molar-refractivity contribution < 1.29 is 22.0 Å². The van der Waals surface area contributed by atoms with E-state index in [1.165, 1.54) is 13.0 Å². The number of halogens is 4. The fraction of sp³-hybridized carbons (Fsp3) is 0.235. The average Bonchev–Trinajstić information content (AvgIpc) is 2.56. The van der Waals surface area contributed by atoms with E-state index in [4.69, 9.17) is 23.2 Å². The van der Waals surface area contributed by atoms with Crippen molar-refractivity contribution in [2.75, 3.05) is 10.6 Å². The summed E-state index contributed by atoms with van der Waals surface area (Å²) in [7, 11) is -3.95. The van der Waals surface area contributed by atoms with Crippen LogP contribution in [0.4, 0.5) is 14.5 Å². The molecule has 2 rings (SSSR count). The smallest absolute Gasteiger partial charge is 0.243 e. The number of carbonyl (C=O) groups is 1. The lowest BCUT2D eigenvalue weighted by molar-refractivity contribution is -0.122. The van der Waals surface area contributed by atoms with Crippen LogP contribution in [0.25, 0.3) is 0 Å². The summed E-state index contributed by atoms with van der Waals surface area (Å²) in [5, 5.41) is 3.35. The van der Waals surface area contributed by atoms with Gasteiger partial charge < -0.3 is 5.32 Å². The van der Waals surface area contributed by atoms with Crippen molar-refractivity contribution in [3.8, 4) is 0 Å². The molecule has 10 heteroatoms. The Balaban J connectivity index is 2.23. The van der Waals surface area contributed by atoms with E-state index < -0.39 is 33.6 Å². The molecule has 0 bridgehead atoms. The molecule has 27 heavy (non-hydrogen) atoms. The summed E-state index contributed by atoms with van der Waals surface area (Å²) < 4.78 is 51.6. The van der Waals surface area contributed by atoms with Crippen LogP contribution in [0.5, 0.6) is 0 Å². The predicted molar refractivity (Wildman–Crippen MR) is 101 cm³/mol. The fourth-order valence-corrected chi connectivity index (χ4v) is 4.07. The van der Waals surface area contributed by atoms with Crippen LogP contribution in [0.2, 0.25) is 10.0 Å². The maximum absolute atomic E-state index is 13.5. The second kappa shape index (κ2) is 8.41. The number of anilines is 1. The quantitative estimate of drug-likeness (QED) is 0.749. The van der Waals surface area contributed by atoms with E-state index in [0.717, 1.165) is 24.5 Å². The number of nitrogens with zero attached hydrogens (tertiary/aromatic N) is 1. The Bertz CT molecular complexity index is 971. The van der Waals surface area contributed by atoms with Crippen LogP contribution in [0, 0.1) is 11.6 Å². The predicted octanol–water partition coefficient (Wildman–Crippen LogP) is 3.74. The van der Waals surface area contributed by atoms with Gasteiger partial charge in [-0.2, -0.15) is 0 Å². The molecule has 2 aromatic rings. The highest BCUT2D eigenvalue weighted by Gasteiger charge is 2.29. The number of hydrogen-bond acceptors (Lipinski definition) is 3. The van der Waals surface area contributed by atoms with Crippen molar-refractivity contribution >= 4 is 44.8 Å². The Morgan fingerprint density at radius 3 is 2.37 bits per heavy atom. The van der Waals surface area contributed by atoms with Gasteiger partial charge >= 0.3 is 0 Å². The van der Waals surface area contributed by atoms with Gasteiger partial charge in [-0.3, -0.25) is 9.10 Å². The molecule has 0 aliphatic rings. The van der Waals surface area contributed by atoms with Crippen LogP contribution in [-0.4, -0.2) is 26.6 Å². The number of sulfonamides is 1. The van der Waals surface area contributed by atoms with Gasteiger partial charge in [0.2, 0.25) is 15.9 Å². The lowest BCUT2D eigenvalue weighted by Crippen LogP contribution is -2.47. The van der Waals surface area contributed by atoms with E-state index in [9.17, 15) is 22.0 Å². The highest BCUT2D eigenvalue weighted by atomic mass is 35.5. The molecular formula is C17H16Cl2F2N2O3S.